The van der Waals surface area contributed by atoms with Crippen molar-refractivity contribution in [3.63, 3.8) is 0 Å². The molecule has 2 atom stereocenters. The molecular weight excluding hydrogens is 495 g/mol. The van der Waals surface area contributed by atoms with E-state index in [4.69, 9.17) is 15.1 Å². The van der Waals surface area contributed by atoms with E-state index < -0.39 is 6.09 Å². The minimum Gasteiger partial charge on any atom is -0.507 e. The molecule has 2 heterocycles. The van der Waals surface area contributed by atoms with Gasteiger partial charge in [-0.05, 0) is 49.6 Å². The van der Waals surface area contributed by atoms with Gasteiger partial charge in [0.15, 0.2) is 5.82 Å². The summed E-state index contributed by atoms with van der Waals surface area (Å²) < 4.78 is 0.0832. The van der Waals surface area contributed by atoms with Gasteiger partial charge in [-0.1, -0.05) is 40.8 Å². The number of aromatic nitrogens is 2. The molecule has 30 heavy (non-hydrogen) atoms. The van der Waals surface area contributed by atoms with Gasteiger partial charge in [-0.3, -0.25) is 0 Å². The van der Waals surface area contributed by atoms with Crippen molar-refractivity contribution >= 4 is 45.4 Å². The monoisotopic (exact) mass is 518 g/mol. The molecule has 0 saturated carbocycles. The van der Waals surface area contributed by atoms with E-state index in [2.05, 4.69) is 32.8 Å². The summed E-state index contributed by atoms with van der Waals surface area (Å²) in [6.07, 6.45) is 0.911. The fourth-order valence-electron chi connectivity index (χ4n) is 3.90. The number of phenols is 1. The van der Waals surface area contributed by atoms with Crippen LogP contribution >= 0.6 is 22.6 Å². The maximum absolute atomic E-state index is 11.0. The predicted molar refractivity (Wildman–Crippen MR) is 125 cm³/mol. The second kappa shape index (κ2) is 8.63. The number of rotatable bonds is 4. The van der Waals surface area contributed by atoms with E-state index in [1.807, 2.05) is 37.3 Å². The lowest BCUT2D eigenvalue weighted by Gasteiger charge is -2.39. The molecule has 8 heteroatoms. The minimum absolute atomic E-state index is 0.0832. The zero-order valence-corrected chi connectivity index (χ0v) is 18.7. The highest BCUT2D eigenvalue weighted by molar-refractivity contribution is 14.1. The summed E-state index contributed by atoms with van der Waals surface area (Å²) in [5.41, 5.74) is 2.52. The fraction of sp³-hybridized carbons (Fsp3) is 0.318. The number of nitrogens with one attached hydrogen (secondary N) is 1. The number of anilines is 1. The number of carboxylic acid groups (broad SMARTS) is 1. The predicted octanol–water partition coefficient (Wildman–Crippen LogP) is 4.56. The first-order valence-electron chi connectivity index (χ1n) is 9.88. The van der Waals surface area contributed by atoms with Crippen molar-refractivity contribution in [3.8, 4) is 17.1 Å². The number of phenolic OH excluding ortho intramolecular Hbond substituents is 1. The van der Waals surface area contributed by atoms with Crippen molar-refractivity contribution in [2.24, 2.45) is 5.92 Å². The Bertz CT molecular complexity index is 1090. The molecule has 1 aliphatic rings. The number of nitrogens with zero attached hydrogens (tertiary/aromatic N) is 3. The summed E-state index contributed by atoms with van der Waals surface area (Å²) >= 11 is 2.39. The molecule has 1 aliphatic heterocycles. The first-order chi connectivity index (χ1) is 14.4. The molecule has 0 radical (unpaired) electrons. The summed E-state index contributed by atoms with van der Waals surface area (Å²) in [5.74, 6) is 1.62. The number of hydrogen-bond acceptors (Lipinski definition) is 5. The standard InChI is InChI=1S/C22H23IN4O3/c1-13-8-9-15-17(11-13)25-20(16-6-2-3-7-18(16)28)26-21(15)27-10-4-5-14(19(27)23)12-24-22(29)30/h2-3,6-9,11,14,19,24,28H,4-5,10,12H2,1H3,(H,29,30). The molecule has 2 aromatic carbocycles. The van der Waals surface area contributed by atoms with E-state index in [9.17, 15) is 9.90 Å². The molecule has 3 aromatic rings. The Morgan fingerprint density at radius 2 is 2.07 bits per heavy atom. The molecule has 0 spiro atoms. The Hall–Kier alpha value is -2.62. The van der Waals surface area contributed by atoms with Crippen LogP contribution in [0.25, 0.3) is 22.3 Å². The van der Waals surface area contributed by atoms with Crippen molar-refractivity contribution in [1.82, 2.24) is 15.3 Å². The highest BCUT2D eigenvalue weighted by Crippen LogP contribution is 2.37. The Balaban J connectivity index is 1.81. The number of para-hydroxylation sites is 1. The third-order valence-corrected chi connectivity index (χ3v) is 7.11. The number of piperidine rings is 1. The Morgan fingerprint density at radius 3 is 2.83 bits per heavy atom. The topological polar surface area (TPSA) is 98.6 Å². The first-order valence-corrected chi connectivity index (χ1v) is 11.1. The molecule has 1 fully saturated rings. The van der Waals surface area contributed by atoms with Gasteiger partial charge in [0.05, 0.1) is 15.1 Å². The van der Waals surface area contributed by atoms with Crippen molar-refractivity contribution in [2.45, 2.75) is 23.8 Å². The Kier molecular flexibility index (Phi) is 5.94. The van der Waals surface area contributed by atoms with E-state index in [0.29, 0.717) is 17.9 Å². The van der Waals surface area contributed by atoms with Gasteiger partial charge in [-0.25, -0.2) is 14.8 Å². The van der Waals surface area contributed by atoms with Gasteiger partial charge in [-0.2, -0.15) is 0 Å². The lowest BCUT2D eigenvalue weighted by Crippen LogP contribution is -2.46. The number of carbonyl (C=O) groups is 1. The van der Waals surface area contributed by atoms with E-state index >= 15 is 0 Å². The van der Waals surface area contributed by atoms with Crippen molar-refractivity contribution in [1.29, 1.82) is 0 Å². The third kappa shape index (κ3) is 4.14. The maximum Gasteiger partial charge on any atom is 0.404 e. The van der Waals surface area contributed by atoms with E-state index in [1.165, 1.54) is 0 Å². The molecule has 1 aromatic heterocycles. The van der Waals surface area contributed by atoms with Crippen molar-refractivity contribution in [2.75, 3.05) is 18.0 Å². The number of benzene rings is 2. The van der Waals surface area contributed by atoms with E-state index in [1.54, 1.807) is 12.1 Å². The molecule has 4 rings (SSSR count). The Morgan fingerprint density at radius 1 is 1.27 bits per heavy atom. The molecule has 156 valence electrons. The van der Waals surface area contributed by atoms with Gasteiger partial charge >= 0.3 is 6.09 Å². The molecule has 1 amide bonds. The highest BCUT2D eigenvalue weighted by atomic mass is 127. The number of aromatic hydroxyl groups is 1. The second-order valence-electron chi connectivity index (χ2n) is 7.56. The molecule has 2 unspecified atom stereocenters. The number of fused-ring (bicyclic) bond motifs is 1. The highest BCUT2D eigenvalue weighted by Gasteiger charge is 2.32. The zero-order valence-electron chi connectivity index (χ0n) is 16.5. The number of aryl methyl sites for hydroxylation is 1. The van der Waals surface area contributed by atoms with E-state index in [-0.39, 0.29) is 15.7 Å². The van der Waals surface area contributed by atoms with Crippen LogP contribution in [0.5, 0.6) is 5.75 Å². The lowest BCUT2D eigenvalue weighted by molar-refractivity contribution is 0.191. The van der Waals surface area contributed by atoms with Crippen LogP contribution in [0.4, 0.5) is 10.6 Å². The van der Waals surface area contributed by atoms with Crippen LogP contribution < -0.4 is 10.2 Å². The van der Waals surface area contributed by atoms with Crippen LogP contribution in [0.15, 0.2) is 42.5 Å². The fourth-order valence-corrected chi connectivity index (χ4v) is 5.06. The molecular formula is C22H23IN4O3. The molecule has 7 nitrogen and oxygen atoms in total. The van der Waals surface area contributed by atoms with Gasteiger partial charge < -0.3 is 20.4 Å². The number of amides is 1. The second-order valence-corrected chi connectivity index (χ2v) is 8.84. The maximum atomic E-state index is 11.0. The van der Waals surface area contributed by atoms with Crippen LogP contribution in [0.2, 0.25) is 0 Å². The average Bonchev–Trinajstić information content (AvgIpc) is 2.72. The number of hydrogen-bond donors (Lipinski definition) is 3. The summed E-state index contributed by atoms with van der Waals surface area (Å²) in [7, 11) is 0. The smallest absolute Gasteiger partial charge is 0.404 e. The summed E-state index contributed by atoms with van der Waals surface area (Å²) in [5, 5.41) is 22.8. The van der Waals surface area contributed by atoms with Gasteiger partial charge in [0.25, 0.3) is 0 Å². The molecule has 0 bridgehead atoms. The van der Waals surface area contributed by atoms with Crippen LogP contribution in [0.3, 0.4) is 0 Å². The van der Waals surface area contributed by atoms with Crippen LogP contribution in [-0.4, -0.2) is 43.4 Å². The van der Waals surface area contributed by atoms with Crippen LogP contribution in [0, 0.1) is 12.8 Å². The average molecular weight is 518 g/mol. The largest absolute Gasteiger partial charge is 0.507 e. The van der Waals surface area contributed by atoms with E-state index in [0.717, 1.165) is 41.7 Å². The normalized spacial score (nSPS) is 19.1. The quantitative estimate of drug-likeness (QED) is 0.266. The summed E-state index contributed by atoms with van der Waals surface area (Å²) in [6.45, 7) is 3.27. The zero-order chi connectivity index (χ0) is 21.3. The van der Waals surface area contributed by atoms with Crippen molar-refractivity contribution < 1.29 is 15.0 Å². The SMILES string of the molecule is Cc1ccc2c(N3CCCC(CNC(=O)O)C3I)nc(-c3ccccc3O)nc2c1. The molecule has 0 aliphatic carbocycles. The third-order valence-electron chi connectivity index (χ3n) is 5.43. The summed E-state index contributed by atoms with van der Waals surface area (Å²) in [6, 6.07) is 13.2. The molecule has 3 N–H and O–H groups in total. The van der Waals surface area contributed by atoms with Gasteiger partial charge in [0.1, 0.15) is 11.6 Å². The summed E-state index contributed by atoms with van der Waals surface area (Å²) in [4.78, 5) is 22.8. The van der Waals surface area contributed by atoms with Gasteiger partial charge in [0, 0.05) is 24.4 Å². The van der Waals surface area contributed by atoms with Crippen molar-refractivity contribution in [3.05, 3.63) is 48.0 Å². The lowest BCUT2D eigenvalue weighted by atomic mass is 9.97. The van der Waals surface area contributed by atoms with Crippen LogP contribution in [0.1, 0.15) is 18.4 Å². The van der Waals surface area contributed by atoms with Gasteiger partial charge in [-0.15, -0.1) is 0 Å². The first kappa shape index (κ1) is 20.6. The number of halogens is 1. The Labute approximate surface area is 188 Å². The number of alkyl halides is 1. The molecule has 1 saturated heterocycles. The van der Waals surface area contributed by atoms with Gasteiger partial charge in [0.2, 0.25) is 0 Å². The van der Waals surface area contributed by atoms with Crippen LogP contribution in [-0.2, 0) is 0 Å². The minimum atomic E-state index is -1.000.